The number of carbonyl (C=O) groups excluding carboxylic acids is 3. The van der Waals surface area contributed by atoms with Gasteiger partial charge < -0.3 is 14.6 Å². The molecule has 0 spiro atoms. The summed E-state index contributed by atoms with van der Waals surface area (Å²) in [7, 11) is 0. The normalized spacial score (nSPS) is 24.7. The molecule has 0 saturated heterocycles. The zero-order valence-electron chi connectivity index (χ0n) is 23.3. The summed E-state index contributed by atoms with van der Waals surface area (Å²) in [5, 5.41) is 9.87. The molecule has 0 unspecified atom stereocenters. The molecule has 0 radical (unpaired) electrons. The Morgan fingerprint density at radius 1 is 0.794 bits per heavy atom. The molecule has 0 fully saturated rings. The van der Waals surface area contributed by atoms with Gasteiger partial charge in [-0.25, -0.2) is 0 Å². The van der Waals surface area contributed by atoms with Crippen molar-refractivity contribution in [2.75, 3.05) is 0 Å². The molecule has 34 heavy (non-hydrogen) atoms. The minimum Gasteiger partial charge on any atom is -0.460 e. The fourth-order valence-corrected chi connectivity index (χ4v) is 5.21. The van der Waals surface area contributed by atoms with Crippen molar-refractivity contribution in [3.8, 4) is 0 Å². The van der Waals surface area contributed by atoms with Crippen LogP contribution in [0.4, 0.5) is 0 Å². The second-order valence-electron chi connectivity index (χ2n) is 11.0. The zero-order valence-corrected chi connectivity index (χ0v) is 23.3. The number of hydrogen-bond donors (Lipinski definition) is 1. The van der Waals surface area contributed by atoms with Crippen LogP contribution in [0.15, 0.2) is 23.3 Å². The first-order valence-corrected chi connectivity index (χ1v) is 12.3. The van der Waals surface area contributed by atoms with E-state index in [2.05, 4.69) is 44.6 Å². The molecule has 0 heterocycles. The van der Waals surface area contributed by atoms with Crippen LogP contribution in [-0.4, -0.2) is 34.2 Å². The first-order valence-electron chi connectivity index (χ1n) is 12.3. The molecule has 0 amide bonds. The van der Waals surface area contributed by atoms with Crippen LogP contribution < -0.4 is 0 Å². The second kappa shape index (κ2) is 13.8. The topological polar surface area (TPSA) is 89.9 Å². The van der Waals surface area contributed by atoms with Crippen molar-refractivity contribution in [2.45, 2.75) is 113 Å². The van der Waals surface area contributed by atoms with Crippen LogP contribution >= 0.6 is 0 Å². The van der Waals surface area contributed by atoms with E-state index in [1.807, 2.05) is 27.7 Å². The average molecular weight is 481 g/mol. The van der Waals surface area contributed by atoms with Crippen molar-refractivity contribution in [3.63, 3.8) is 0 Å². The van der Waals surface area contributed by atoms with Crippen LogP contribution in [0, 0.1) is 23.7 Å². The number of allylic oxidation sites excluding steroid dienone is 4. The van der Waals surface area contributed by atoms with Gasteiger partial charge in [-0.05, 0) is 85.0 Å². The smallest absolute Gasteiger partial charge is 0.310 e. The number of rotatable bonds is 3. The van der Waals surface area contributed by atoms with Gasteiger partial charge in [-0.3, -0.25) is 14.4 Å². The lowest BCUT2D eigenvalue weighted by Crippen LogP contribution is -2.40. The lowest BCUT2D eigenvalue weighted by Gasteiger charge is -2.39. The molecule has 1 N–H and O–H groups in total. The third-order valence-corrected chi connectivity index (χ3v) is 6.56. The highest BCUT2D eigenvalue weighted by atomic mass is 16.6. The fraction of sp³-hybridized carbons (Fsp3) is 0.750. The minimum atomic E-state index is -0.562. The van der Waals surface area contributed by atoms with E-state index in [1.54, 1.807) is 0 Å². The van der Waals surface area contributed by atoms with Gasteiger partial charge in [-0.1, -0.05) is 37.1 Å². The molecule has 0 aromatic carbocycles. The maximum absolute atomic E-state index is 11.0. The molecule has 6 heteroatoms. The summed E-state index contributed by atoms with van der Waals surface area (Å²) in [6.45, 7) is 20.5. The number of carbonyl (C=O) groups is 3. The van der Waals surface area contributed by atoms with E-state index >= 15 is 0 Å². The van der Waals surface area contributed by atoms with Crippen LogP contribution in [-0.2, 0) is 23.9 Å². The highest BCUT2D eigenvalue weighted by Gasteiger charge is 2.37. The molecule has 0 aromatic rings. The van der Waals surface area contributed by atoms with Gasteiger partial charge in [0.2, 0.25) is 0 Å². The monoisotopic (exact) mass is 480 g/mol. The average Bonchev–Trinajstić information content (AvgIpc) is 2.58. The predicted molar refractivity (Wildman–Crippen MR) is 136 cm³/mol. The third-order valence-electron chi connectivity index (χ3n) is 6.56. The quantitative estimate of drug-likeness (QED) is 0.295. The molecule has 0 aliphatic heterocycles. The van der Waals surface area contributed by atoms with E-state index in [-0.39, 0.29) is 11.6 Å². The van der Waals surface area contributed by atoms with E-state index in [9.17, 15) is 19.5 Å². The van der Waals surface area contributed by atoms with Crippen molar-refractivity contribution < 1.29 is 29.0 Å². The van der Waals surface area contributed by atoms with Gasteiger partial charge in [-0.2, -0.15) is 0 Å². The molecule has 2 rings (SSSR count). The molecule has 2 aliphatic rings. The highest BCUT2D eigenvalue weighted by molar-refractivity contribution is 5.82. The Morgan fingerprint density at radius 3 is 1.44 bits per heavy atom. The summed E-state index contributed by atoms with van der Waals surface area (Å²) in [5.41, 5.74) is 2.07. The third kappa shape index (κ3) is 12.5. The number of hydrogen-bond acceptors (Lipinski definition) is 6. The van der Waals surface area contributed by atoms with Gasteiger partial charge in [0.25, 0.3) is 0 Å². The molecule has 0 bridgehead atoms. The SMILES string of the molecule is CC(=O)OC(C)(C)[C@@H]1CCC(C)=C[C@@H]1C.CC(=O)OC(C)=O.CC1=C[C@H](C)[C@H](C(C)(C)O)CC1. The zero-order chi connectivity index (χ0) is 26.9. The van der Waals surface area contributed by atoms with Crippen LogP contribution in [0.5, 0.6) is 0 Å². The van der Waals surface area contributed by atoms with Crippen LogP contribution in [0.3, 0.4) is 0 Å². The fourth-order valence-electron chi connectivity index (χ4n) is 5.21. The second-order valence-corrected chi connectivity index (χ2v) is 11.0. The Labute approximate surface area is 207 Å². The summed E-state index contributed by atoms with van der Waals surface area (Å²) >= 11 is 0. The van der Waals surface area contributed by atoms with Crippen molar-refractivity contribution in [2.24, 2.45) is 23.7 Å². The maximum Gasteiger partial charge on any atom is 0.310 e. The predicted octanol–water partition coefficient (Wildman–Crippen LogP) is 6.17. The van der Waals surface area contributed by atoms with Crippen LogP contribution in [0.2, 0.25) is 0 Å². The molecule has 0 saturated carbocycles. The van der Waals surface area contributed by atoms with Gasteiger partial charge in [0.15, 0.2) is 0 Å². The van der Waals surface area contributed by atoms with Crippen molar-refractivity contribution in [1.29, 1.82) is 0 Å². The Bertz CT molecular complexity index is 741. The molecule has 196 valence electrons. The largest absolute Gasteiger partial charge is 0.460 e. The Kier molecular flexibility index (Phi) is 13.0. The van der Waals surface area contributed by atoms with E-state index in [0.29, 0.717) is 23.7 Å². The van der Waals surface area contributed by atoms with E-state index in [4.69, 9.17) is 4.74 Å². The van der Waals surface area contributed by atoms with Gasteiger partial charge in [-0.15, -0.1) is 0 Å². The molecular formula is C28H48O6. The first kappa shape index (κ1) is 32.0. The molecule has 2 aliphatic carbocycles. The number of esters is 3. The first-order chi connectivity index (χ1) is 15.4. The summed E-state index contributed by atoms with van der Waals surface area (Å²) in [4.78, 5) is 30.7. The minimum absolute atomic E-state index is 0.182. The summed E-state index contributed by atoms with van der Waals surface area (Å²) in [5.74, 6) is 0.580. The van der Waals surface area contributed by atoms with Crippen molar-refractivity contribution in [1.82, 2.24) is 0 Å². The van der Waals surface area contributed by atoms with E-state index in [0.717, 1.165) is 25.7 Å². The molecule has 4 atom stereocenters. The summed E-state index contributed by atoms with van der Waals surface area (Å²) < 4.78 is 9.39. The molecule has 0 aromatic heterocycles. The number of ether oxygens (including phenoxy) is 2. The van der Waals surface area contributed by atoms with E-state index in [1.165, 1.54) is 31.9 Å². The van der Waals surface area contributed by atoms with Crippen LogP contribution in [0.1, 0.15) is 102 Å². The van der Waals surface area contributed by atoms with Crippen molar-refractivity contribution in [3.05, 3.63) is 23.3 Å². The molecular weight excluding hydrogens is 432 g/mol. The lowest BCUT2D eigenvalue weighted by atomic mass is 9.73. The summed E-state index contributed by atoms with van der Waals surface area (Å²) in [6, 6.07) is 0. The van der Waals surface area contributed by atoms with Gasteiger partial charge in [0.05, 0.1) is 5.60 Å². The highest BCUT2D eigenvalue weighted by Crippen LogP contribution is 2.38. The lowest BCUT2D eigenvalue weighted by molar-refractivity contribution is -0.161. The van der Waals surface area contributed by atoms with Gasteiger partial charge in [0, 0.05) is 26.7 Å². The molecule has 6 nitrogen and oxygen atoms in total. The van der Waals surface area contributed by atoms with Gasteiger partial charge >= 0.3 is 17.9 Å². The Hall–Kier alpha value is -1.95. The standard InChI is InChI=1S/C13H22O2.C11H20O.C4H6O3/c1-9-6-7-12(10(2)8-9)13(4,5)15-11(3)14;1-8-5-6-10(9(2)7-8)11(3,4)12;1-3(5)7-4(2)6/h8,10,12H,6-7H2,1-5H3;7,9-10,12H,5-6H2,1-4H3;1-2H3/t10-,12+;9-,10+;/m00./s1. The Balaban J connectivity index is 0.000000514. The van der Waals surface area contributed by atoms with E-state index < -0.39 is 17.5 Å². The number of aliphatic hydroxyl groups is 1. The van der Waals surface area contributed by atoms with Crippen molar-refractivity contribution >= 4 is 17.9 Å². The summed E-state index contributed by atoms with van der Waals surface area (Å²) in [6.07, 6.45) is 9.13. The maximum atomic E-state index is 11.0. The Morgan fingerprint density at radius 2 is 1.18 bits per heavy atom. The van der Waals surface area contributed by atoms with Gasteiger partial charge in [0.1, 0.15) is 5.60 Å². The van der Waals surface area contributed by atoms with Crippen LogP contribution in [0.25, 0.3) is 0 Å².